The van der Waals surface area contributed by atoms with E-state index < -0.39 is 12.1 Å². The maximum Gasteiger partial charge on any atom is 0.123 e. The fourth-order valence-electron chi connectivity index (χ4n) is 4.34. The maximum atomic E-state index is 13.8. The molecule has 0 aromatic heterocycles. The quantitative estimate of drug-likeness (QED) is 0.469. The molecule has 2 aromatic carbocycles. The molecule has 0 radical (unpaired) electrons. The van der Waals surface area contributed by atoms with E-state index in [0.29, 0.717) is 25.7 Å². The lowest BCUT2D eigenvalue weighted by molar-refractivity contribution is 0.0879. The van der Waals surface area contributed by atoms with Crippen molar-refractivity contribution in [1.29, 1.82) is 0 Å². The summed E-state index contributed by atoms with van der Waals surface area (Å²) in [5.41, 5.74) is 12.1. The zero-order chi connectivity index (χ0) is 19.0. The van der Waals surface area contributed by atoms with Gasteiger partial charge in [-0.1, -0.05) is 11.5 Å². The van der Waals surface area contributed by atoms with Gasteiger partial charge in [-0.15, -0.1) is 0 Å². The van der Waals surface area contributed by atoms with Gasteiger partial charge in [0.25, 0.3) is 0 Å². The van der Waals surface area contributed by atoms with Gasteiger partial charge in [0, 0.05) is 16.3 Å². The molecule has 3 unspecified atom stereocenters. The average Bonchev–Trinajstić information content (AvgIpc) is 2.80. The number of hydrogen-bond donors (Lipinski definition) is 1. The normalized spacial score (nSPS) is 24.4. The summed E-state index contributed by atoms with van der Waals surface area (Å²) in [4.78, 5) is 4.85. The Morgan fingerprint density at radius 1 is 1.00 bits per heavy atom. The maximum absolute atomic E-state index is 13.8. The number of benzene rings is 2. The Balaban J connectivity index is 1.86. The first kappa shape index (κ1) is 17.8. The highest BCUT2D eigenvalue weighted by Gasteiger charge is 2.38. The molecule has 2 aromatic rings. The van der Waals surface area contributed by atoms with Crippen LogP contribution in [0.2, 0.25) is 0 Å². The predicted molar refractivity (Wildman–Crippen MR) is 98.9 cm³/mol. The van der Waals surface area contributed by atoms with Crippen molar-refractivity contribution in [3.63, 3.8) is 0 Å². The highest BCUT2D eigenvalue weighted by Crippen LogP contribution is 2.41. The number of aliphatic hydroxyl groups excluding tert-OH is 1. The van der Waals surface area contributed by atoms with Gasteiger partial charge in [0.05, 0.1) is 18.2 Å². The Bertz CT molecular complexity index is 859. The van der Waals surface area contributed by atoms with E-state index in [1.807, 2.05) is 4.90 Å². The minimum Gasteiger partial charge on any atom is -0.391 e. The summed E-state index contributed by atoms with van der Waals surface area (Å²) in [6.45, 7) is 0. The van der Waals surface area contributed by atoms with Crippen LogP contribution in [0.4, 0.5) is 20.2 Å². The molecule has 0 spiro atoms. The van der Waals surface area contributed by atoms with Crippen molar-refractivity contribution in [3.05, 3.63) is 69.6 Å². The van der Waals surface area contributed by atoms with Gasteiger partial charge >= 0.3 is 0 Å². The molecule has 3 atom stereocenters. The Hall–Kier alpha value is -2.63. The second-order valence-electron chi connectivity index (χ2n) is 7.18. The van der Waals surface area contributed by atoms with Gasteiger partial charge in [-0.2, -0.15) is 0 Å². The van der Waals surface area contributed by atoms with Crippen molar-refractivity contribution in [2.24, 2.45) is 5.11 Å². The van der Waals surface area contributed by atoms with Crippen LogP contribution in [0.3, 0.4) is 0 Å². The number of aliphatic hydroxyl groups is 1. The molecule has 140 valence electrons. The molecule has 1 N–H and O–H groups in total. The monoisotopic (exact) mass is 370 g/mol. The van der Waals surface area contributed by atoms with Gasteiger partial charge in [-0.3, -0.25) is 0 Å². The smallest absolute Gasteiger partial charge is 0.123 e. The molecule has 4 rings (SSSR count). The van der Waals surface area contributed by atoms with Crippen LogP contribution < -0.4 is 4.90 Å². The Morgan fingerprint density at radius 3 is 2.15 bits per heavy atom. The molecule has 0 saturated heterocycles. The first-order chi connectivity index (χ1) is 13.1. The van der Waals surface area contributed by atoms with Crippen LogP contribution in [0.1, 0.15) is 30.4 Å². The lowest BCUT2D eigenvalue weighted by atomic mass is 9.86. The second-order valence-corrected chi connectivity index (χ2v) is 7.18. The number of azide groups is 1. The number of anilines is 2. The molecular formula is C20H20F2N4O. The number of fused-ring (bicyclic) bond motifs is 2. The molecular weight excluding hydrogens is 350 g/mol. The third-order valence-corrected chi connectivity index (χ3v) is 5.59. The van der Waals surface area contributed by atoms with Crippen molar-refractivity contribution >= 4 is 11.4 Å². The van der Waals surface area contributed by atoms with Crippen molar-refractivity contribution in [2.75, 3.05) is 4.90 Å². The summed E-state index contributed by atoms with van der Waals surface area (Å²) >= 11 is 0. The van der Waals surface area contributed by atoms with E-state index in [4.69, 9.17) is 5.53 Å². The van der Waals surface area contributed by atoms with Crippen molar-refractivity contribution < 1.29 is 13.9 Å². The minimum atomic E-state index is -0.858. The third kappa shape index (κ3) is 3.24. The van der Waals surface area contributed by atoms with Gasteiger partial charge in [-0.05, 0) is 78.7 Å². The van der Waals surface area contributed by atoms with E-state index in [-0.39, 0.29) is 17.7 Å². The number of rotatable bonds is 2. The van der Waals surface area contributed by atoms with E-state index in [2.05, 4.69) is 10.0 Å². The van der Waals surface area contributed by atoms with Crippen LogP contribution in [0.25, 0.3) is 10.4 Å². The van der Waals surface area contributed by atoms with E-state index in [0.717, 1.165) is 28.9 Å². The van der Waals surface area contributed by atoms with Gasteiger partial charge in [0.1, 0.15) is 11.6 Å². The van der Waals surface area contributed by atoms with Gasteiger partial charge < -0.3 is 10.0 Å². The summed E-state index contributed by atoms with van der Waals surface area (Å²) in [5.74, 6) is -0.635. The number of aryl methyl sites for hydroxylation is 2. The van der Waals surface area contributed by atoms with Crippen LogP contribution in [-0.4, -0.2) is 23.3 Å². The van der Waals surface area contributed by atoms with Crippen molar-refractivity contribution in [1.82, 2.24) is 0 Å². The second kappa shape index (κ2) is 7.18. The van der Waals surface area contributed by atoms with E-state index in [1.165, 1.54) is 24.3 Å². The lowest BCUT2D eigenvalue weighted by Crippen LogP contribution is -2.49. The average molecular weight is 370 g/mol. The van der Waals surface area contributed by atoms with Crippen molar-refractivity contribution in [3.8, 4) is 0 Å². The van der Waals surface area contributed by atoms with Gasteiger partial charge in [0.2, 0.25) is 0 Å². The number of hydrogen-bond acceptors (Lipinski definition) is 3. The summed E-state index contributed by atoms with van der Waals surface area (Å²) < 4.78 is 27.7. The van der Waals surface area contributed by atoms with Crippen molar-refractivity contribution in [2.45, 2.75) is 50.3 Å². The van der Waals surface area contributed by atoms with Crippen LogP contribution >= 0.6 is 0 Å². The van der Waals surface area contributed by atoms with Gasteiger partial charge in [-0.25, -0.2) is 8.78 Å². The van der Waals surface area contributed by atoms with Crippen LogP contribution in [0.5, 0.6) is 0 Å². The molecule has 5 nitrogen and oxygen atoms in total. The highest BCUT2D eigenvalue weighted by molar-refractivity contribution is 5.72. The molecule has 0 bridgehead atoms. The summed E-state index contributed by atoms with van der Waals surface area (Å²) in [7, 11) is 0. The Labute approximate surface area is 155 Å². The third-order valence-electron chi connectivity index (χ3n) is 5.59. The number of nitrogens with zero attached hydrogens (tertiary/aromatic N) is 4. The summed E-state index contributed by atoms with van der Waals surface area (Å²) in [5, 5.41) is 14.7. The fourth-order valence-corrected chi connectivity index (χ4v) is 4.34. The lowest BCUT2D eigenvalue weighted by Gasteiger charge is -2.42. The highest BCUT2D eigenvalue weighted by atomic mass is 19.1. The Morgan fingerprint density at radius 2 is 1.59 bits per heavy atom. The first-order valence-corrected chi connectivity index (χ1v) is 9.17. The van der Waals surface area contributed by atoms with E-state index in [1.54, 1.807) is 12.1 Å². The Kier molecular flexibility index (Phi) is 4.72. The summed E-state index contributed by atoms with van der Waals surface area (Å²) in [6.07, 6.45) is 2.44. The molecule has 1 saturated carbocycles. The van der Waals surface area contributed by atoms with Crippen LogP contribution in [-0.2, 0) is 12.8 Å². The molecule has 1 fully saturated rings. The first-order valence-electron chi connectivity index (χ1n) is 9.17. The zero-order valence-corrected chi connectivity index (χ0v) is 14.7. The summed E-state index contributed by atoms with van der Waals surface area (Å²) in [6, 6.07) is 8.40. The van der Waals surface area contributed by atoms with E-state index >= 15 is 0 Å². The molecule has 27 heavy (non-hydrogen) atoms. The van der Waals surface area contributed by atoms with E-state index in [9.17, 15) is 13.9 Å². The topological polar surface area (TPSA) is 72.2 Å². The molecule has 7 heteroatoms. The van der Waals surface area contributed by atoms with Crippen LogP contribution in [0, 0.1) is 11.6 Å². The number of halogens is 2. The molecule has 0 amide bonds. The predicted octanol–water partition coefficient (Wildman–Crippen LogP) is 4.79. The molecule has 1 heterocycles. The fraction of sp³-hybridized carbons (Fsp3) is 0.400. The van der Waals surface area contributed by atoms with Gasteiger partial charge in [0.15, 0.2) is 0 Å². The molecule has 1 aliphatic heterocycles. The SMILES string of the molecule is [N-]=[N+]=NC1CCCC(N2c3ccc(F)cc3CCc3cc(F)ccc32)C1O. The largest absolute Gasteiger partial charge is 0.391 e. The minimum absolute atomic E-state index is 0.318. The molecule has 1 aliphatic carbocycles. The standard InChI is InChI=1S/C20H20F2N4O/c21-14-6-8-17-12(10-14)4-5-13-11-15(22)7-9-18(13)26(17)19-3-1-2-16(20(19)27)24-25-23/h6-11,16,19-20,27H,1-5H2. The molecule has 2 aliphatic rings. The van der Waals surface area contributed by atoms with Crippen LogP contribution in [0.15, 0.2) is 41.5 Å². The zero-order valence-electron chi connectivity index (χ0n) is 14.7.